The van der Waals surface area contributed by atoms with Crippen molar-refractivity contribution in [1.29, 1.82) is 0 Å². The summed E-state index contributed by atoms with van der Waals surface area (Å²) in [7, 11) is 0. The summed E-state index contributed by atoms with van der Waals surface area (Å²) in [6, 6.07) is 7.98. The Balaban J connectivity index is 1.77. The van der Waals surface area contributed by atoms with Crippen LogP contribution >= 0.6 is 0 Å². The number of allylic oxidation sites excluding steroid dienone is 1. The zero-order valence-corrected chi connectivity index (χ0v) is 12.4. The molecule has 4 rings (SSSR count). The molecule has 2 heterocycles. The summed E-state index contributed by atoms with van der Waals surface area (Å²) in [5.74, 6) is 0.0422. The van der Waals surface area contributed by atoms with Crippen LogP contribution in [0.3, 0.4) is 0 Å². The molecule has 0 aliphatic heterocycles. The summed E-state index contributed by atoms with van der Waals surface area (Å²) in [5.41, 5.74) is 5.42. The fourth-order valence-electron chi connectivity index (χ4n) is 2.90. The molecule has 5 heteroatoms. The van der Waals surface area contributed by atoms with Crippen LogP contribution in [0.2, 0.25) is 0 Å². The second-order valence-corrected chi connectivity index (χ2v) is 5.48. The van der Waals surface area contributed by atoms with Crippen LogP contribution in [0, 0.1) is 0 Å². The van der Waals surface area contributed by atoms with Crippen molar-refractivity contribution in [2.24, 2.45) is 0 Å². The van der Waals surface area contributed by atoms with Crippen LogP contribution in [0.15, 0.2) is 54.8 Å². The van der Waals surface area contributed by atoms with Gasteiger partial charge in [-0.1, -0.05) is 24.3 Å². The van der Waals surface area contributed by atoms with Gasteiger partial charge in [-0.05, 0) is 30.0 Å². The molecule has 0 bridgehead atoms. The first-order chi connectivity index (χ1) is 11.3. The number of nitrogens with zero attached hydrogens (tertiary/aromatic N) is 3. The minimum atomic E-state index is 0.0422. The molecule has 23 heavy (non-hydrogen) atoms. The number of H-pyrrole nitrogens is 1. The van der Waals surface area contributed by atoms with Crippen molar-refractivity contribution in [3.05, 3.63) is 71.4 Å². The van der Waals surface area contributed by atoms with Crippen molar-refractivity contribution in [2.75, 3.05) is 0 Å². The average Bonchev–Trinajstić information content (AvgIpc) is 3.12. The highest BCUT2D eigenvalue weighted by molar-refractivity contribution is 6.13. The Morgan fingerprint density at radius 3 is 2.74 bits per heavy atom. The molecule has 1 aliphatic rings. The molecule has 0 unspecified atom stereocenters. The molecule has 0 fully saturated rings. The molecule has 5 nitrogen and oxygen atoms in total. The van der Waals surface area contributed by atoms with E-state index in [-0.39, 0.29) is 5.78 Å². The van der Waals surface area contributed by atoms with E-state index < -0.39 is 0 Å². The number of Topliss-reactive ketones (excluding diaryl/α,β-unsaturated/α-hetero) is 1. The maximum absolute atomic E-state index is 12.7. The van der Waals surface area contributed by atoms with E-state index in [0.717, 1.165) is 40.8 Å². The first-order valence-corrected chi connectivity index (χ1v) is 7.45. The number of hydrogen-bond acceptors (Lipinski definition) is 4. The topological polar surface area (TPSA) is 71.5 Å². The Morgan fingerprint density at radius 2 is 1.87 bits per heavy atom. The lowest BCUT2D eigenvalue weighted by Crippen LogP contribution is -2.15. The van der Waals surface area contributed by atoms with Crippen LogP contribution in [0.1, 0.15) is 27.9 Å². The van der Waals surface area contributed by atoms with Gasteiger partial charge in [-0.15, -0.1) is 0 Å². The van der Waals surface area contributed by atoms with Crippen molar-refractivity contribution < 1.29 is 4.79 Å². The molecule has 2 aromatic heterocycles. The van der Waals surface area contributed by atoms with Gasteiger partial charge in [0.05, 0.1) is 30.6 Å². The molecular formula is C18H14N4O. The lowest BCUT2D eigenvalue weighted by molar-refractivity contribution is 0.102. The SMILES string of the molecule is O=C1/C(=C/c2ccccc2-c2cnc[nH]2)CCc2cnncc21. The second-order valence-electron chi connectivity index (χ2n) is 5.48. The molecule has 1 N–H and O–H groups in total. The minimum Gasteiger partial charge on any atom is -0.345 e. The smallest absolute Gasteiger partial charge is 0.190 e. The molecule has 112 valence electrons. The third kappa shape index (κ3) is 2.46. The Morgan fingerprint density at radius 1 is 1.00 bits per heavy atom. The molecule has 0 amide bonds. The predicted octanol–water partition coefficient (Wildman–Crippen LogP) is 3.08. The number of nitrogens with one attached hydrogen (secondary N) is 1. The number of benzene rings is 1. The second kappa shape index (κ2) is 5.61. The summed E-state index contributed by atoms with van der Waals surface area (Å²) in [6.07, 6.45) is 10.2. The fourth-order valence-corrected chi connectivity index (χ4v) is 2.90. The number of hydrogen-bond donors (Lipinski definition) is 1. The number of rotatable bonds is 2. The Bertz CT molecular complexity index is 897. The average molecular weight is 302 g/mol. The van der Waals surface area contributed by atoms with Gasteiger partial charge in [0.2, 0.25) is 0 Å². The van der Waals surface area contributed by atoms with Crippen LogP contribution in [-0.4, -0.2) is 25.9 Å². The predicted molar refractivity (Wildman–Crippen MR) is 86.7 cm³/mol. The van der Waals surface area contributed by atoms with Crippen molar-refractivity contribution in [3.63, 3.8) is 0 Å². The Kier molecular flexibility index (Phi) is 3.31. The molecular weight excluding hydrogens is 288 g/mol. The summed E-state index contributed by atoms with van der Waals surface area (Å²) >= 11 is 0. The first kappa shape index (κ1) is 13.6. The van der Waals surface area contributed by atoms with Crippen molar-refractivity contribution in [1.82, 2.24) is 20.2 Å². The summed E-state index contributed by atoms with van der Waals surface area (Å²) < 4.78 is 0. The Hall–Kier alpha value is -3.08. The maximum atomic E-state index is 12.7. The van der Waals surface area contributed by atoms with Gasteiger partial charge in [-0.2, -0.15) is 10.2 Å². The zero-order valence-electron chi connectivity index (χ0n) is 12.4. The third-order valence-corrected chi connectivity index (χ3v) is 4.09. The van der Waals surface area contributed by atoms with E-state index in [1.165, 1.54) is 0 Å². The third-order valence-electron chi connectivity index (χ3n) is 4.09. The summed E-state index contributed by atoms with van der Waals surface area (Å²) in [5, 5.41) is 7.69. The number of ketones is 1. The van der Waals surface area contributed by atoms with Gasteiger partial charge in [0.1, 0.15) is 0 Å². The molecule has 3 aromatic rings. The lowest BCUT2D eigenvalue weighted by Gasteiger charge is -2.16. The van der Waals surface area contributed by atoms with Crippen molar-refractivity contribution in [2.45, 2.75) is 12.8 Å². The first-order valence-electron chi connectivity index (χ1n) is 7.45. The van der Waals surface area contributed by atoms with Gasteiger partial charge >= 0.3 is 0 Å². The van der Waals surface area contributed by atoms with Crippen LogP contribution in [0.5, 0.6) is 0 Å². The molecule has 0 saturated heterocycles. The lowest BCUT2D eigenvalue weighted by atomic mass is 9.87. The number of aromatic amines is 1. The van der Waals surface area contributed by atoms with Crippen molar-refractivity contribution in [3.8, 4) is 11.3 Å². The summed E-state index contributed by atoms with van der Waals surface area (Å²) in [6.45, 7) is 0. The fraction of sp³-hybridized carbons (Fsp3) is 0.111. The standard InChI is InChI=1S/C18H14N4O/c23-18-13(5-6-14-8-21-22-9-16(14)18)7-12-3-1-2-4-15(12)17-10-19-11-20-17/h1-4,7-11H,5-6H2,(H,19,20)/b13-7+. The number of carbonyl (C=O) groups is 1. The van der Waals surface area contributed by atoms with Crippen LogP contribution in [0.25, 0.3) is 17.3 Å². The van der Waals surface area contributed by atoms with Gasteiger partial charge in [0, 0.05) is 16.7 Å². The highest BCUT2D eigenvalue weighted by Gasteiger charge is 2.22. The summed E-state index contributed by atoms with van der Waals surface area (Å²) in [4.78, 5) is 19.8. The van der Waals surface area contributed by atoms with E-state index in [9.17, 15) is 4.79 Å². The van der Waals surface area contributed by atoms with E-state index in [4.69, 9.17) is 0 Å². The molecule has 0 saturated carbocycles. The number of imidazole rings is 1. The molecule has 1 aliphatic carbocycles. The van der Waals surface area contributed by atoms with Gasteiger partial charge in [-0.25, -0.2) is 4.98 Å². The van der Waals surface area contributed by atoms with E-state index in [2.05, 4.69) is 20.2 Å². The molecule has 1 aromatic carbocycles. The van der Waals surface area contributed by atoms with Crippen LogP contribution in [-0.2, 0) is 6.42 Å². The largest absolute Gasteiger partial charge is 0.345 e. The van der Waals surface area contributed by atoms with Gasteiger partial charge in [-0.3, -0.25) is 4.79 Å². The maximum Gasteiger partial charge on any atom is 0.190 e. The van der Waals surface area contributed by atoms with Gasteiger partial charge in [0.15, 0.2) is 5.78 Å². The number of aromatic nitrogens is 4. The molecule has 0 spiro atoms. The number of fused-ring (bicyclic) bond motifs is 1. The van der Waals surface area contributed by atoms with E-state index in [0.29, 0.717) is 5.56 Å². The van der Waals surface area contributed by atoms with Crippen molar-refractivity contribution >= 4 is 11.9 Å². The highest BCUT2D eigenvalue weighted by Crippen LogP contribution is 2.28. The Labute approximate surface area is 133 Å². The molecule has 0 atom stereocenters. The van der Waals surface area contributed by atoms with Crippen LogP contribution < -0.4 is 0 Å². The quantitative estimate of drug-likeness (QED) is 0.738. The van der Waals surface area contributed by atoms with E-state index in [1.54, 1.807) is 24.9 Å². The monoisotopic (exact) mass is 302 g/mol. The van der Waals surface area contributed by atoms with Crippen LogP contribution in [0.4, 0.5) is 0 Å². The highest BCUT2D eigenvalue weighted by atomic mass is 16.1. The van der Waals surface area contributed by atoms with E-state index >= 15 is 0 Å². The number of aryl methyl sites for hydroxylation is 1. The van der Waals surface area contributed by atoms with E-state index in [1.807, 2.05) is 30.3 Å². The zero-order chi connectivity index (χ0) is 15.6. The normalized spacial score (nSPS) is 15.7. The minimum absolute atomic E-state index is 0.0422. The van der Waals surface area contributed by atoms with Gasteiger partial charge < -0.3 is 4.98 Å². The molecule has 0 radical (unpaired) electrons. The van der Waals surface area contributed by atoms with Gasteiger partial charge in [0.25, 0.3) is 0 Å². The number of carbonyl (C=O) groups excluding carboxylic acids is 1.